The molecular weight excluding hydrogens is 392 g/mol. The van der Waals surface area contributed by atoms with E-state index < -0.39 is 11.4 Å². The molecule has 4 fully saturated rings. The fraction of sp³-hybridized carbons (Fsp3) is 0.808. The van der Waals surface area contributed by atoms with E-state index in [0.29, 0.717) is 17.8 Å². The second-order valence-electron chi connectivity index (χ2n) is 11.6. The Morgan fingerprint density at radius 1 is 1.19 bits per heavy atom. The third-order valence-electron chi connectivity index (χ3n) is 9.79. The van der Waals surface area contributed by atoms with Gasteiger partial charge in [-0.1, -0.05) is 25.5 Å². The van der Waals surface area contributed by atoms with Crippen molar-refractivity contribution in [2.75, 3.05) is 7.11 Å². The monoisotopic (exact) mass is 430 g/mol. The Kier molecular flexibility index (Phi) is 4.83. The molecule has 5 nitrogen and oxygen atoms in total. The van der Waals surface area contributed by atoms with Crippen LogP contribution in [0.15, 0.2) is 24.0 Å². The number of aliphatic hydroxyl groups excluding tert-OH is 1. The van der Waals surface area contributed by atoms with Crippen molar-refractivity contribution >= 4 is 5.78 Å². The summed E-state index contributed by atoms with van der Waals surface area (Å²) in [5, 5.41) is 10.2. The Bertz CT molecular complexity index is 830. The number of aliphatic hydroxyl groups is 1. The van der Waals surface area contributed by atoms with Crippen LogP contribution in [0.5, 0.6) is 0 Å². The number of methoxy groups -OCH3 is 1. The molecule has 0 bridgehead atoms. The van der Waals surface area contributed by atoms with E-state index in [1.165, 1.54) is 11.8 Å². The summed E-state index contributed by atoms with van der Waals surface area (Å²) in [7, 11) is 1.56. The normalized spacial score (nSPS) is 50.3. The van der Waals surface area contributed by atoms with Crippen molar-refractivity contribution in [2.45, 2.75) is 96.2 Å². The van der Waals surface area contributed by atoms with Gasteiger partial charge in [-0.15, -0.1) is 0 Å². The zero-order valence-corrected chi connectivity index (χ0v) is 19.6. The molecule has 4 aliphatic carbocycles. The minimum absolute atomic E-state index is 0.0209. The summed E-state index contributed by atoms with van der Waals surface area (Å²) in [6.07, 6.45) is 11.8. The Morgan fingerprint density at radius 3 is 2.71 bits per heavy atom. The smallest absolute Gasteiger partial charge is 0.193 e. The van der Waals surface area contributed by atoms with E-state index in [1.807, 2.05) is 13.8 Å². The number of ketones is 1. The largest absolute Gasteiger partial charge is 0.504 e. The average Bonchev–Trinajstić information content (AvgIpc) is 3.12. The van der Waals surface area contributed by atoms with Crippen molar-refractivity contribution in [2.24, 2.45) is 28.6 Å². The molecule has 0 amide bonds. The first kappa shape index (κ1) is 21.7. The molecule has 1 saturated heterocycles. The summed E-state index contributed by atoms with van der Waals surface area (Å²) < 4.78 is 18.1. The summed E-state index contributed by atoms with van der Waals surface area (Å²) in [4.78, 5) is 13.6. The third kappa shape index (κ3) is 2.82. The number of carbonyl (C=O) groups excluding carboxylic acids is 1. The van der Waals surface area contributed by atoms with Gasteiger partial charge in [-0.3, -0.25) is 4.79 Å². The zero-order valence-electron chi connectivity index (χ0n) is 19.6. The highest BCUT2D eigenvalue weighted by molar-refractivity contribution is 5.99. The lowest BCUT2D eigenvalue weighted by Gasteiger charge is -2.59. The lowest BCUT2D eigenvalue weighted by atomic mass is 9.46. The lowest BCUT2D eigenvalue weighted by molar-refractivity contribution is -0.212. The van der Waals surface area contributed by atoms with Crippen molar-refractivity contribution in [3.63, 3.8) is 0 Å². The second kappa shape index (κ2) is 6.91. The molecule has 8 atom stereocenters. The number of fused-ring (bicyclic) bond motifs is 7. The molecule has 3 saturated carbocycles. The average molecular weight is 431 g/mol. The number of allylic oxidation sites excluding steroid dienone is 1. The first-order chi connectivity index (χ1) is 14.6. The summed E-state index contributed by atoms with van der Waals surface area (Å²) in [6.45, 7) is 8.56. The molecule has 1 aliphatic heterocycles. The summed E-state index contributed by atoms with van der Waals surface area (Å²) in [5.74, 6) is 0.726. The van der Waals surface area contributed by atoms with Gasteiger partial charge in [0.2, 0.25) is 0 Å². The van der Waals surface area contributed by atoms with Crippen LogP contribution in [0.4, 0.5) is 0 Å². The van der Waals surface area contributed by atoms with Crippen LogP contribution in [0.1, 0.15) is 72.6 Å². The van der Waals surface area contributed by atoms with Gasteiger partial charge in [0.1, 0.15) is 0 Å². The SMILES string of the molecule is CO/C=C/C(=O)[C@@]12OC(C)(C)O[C@H]1C[C@@H]1[C@H]3CC=C4C[C@H](O)CC[C@]4(C)[C@@H]3CC[C@@]12C. The molecular formula is C26H38O5. The molecule has 0 aromatic rings. The fourth-order valence-electron chi connectivity index (χ4n) is 8.43. The number of rotatable bonds is 3. The maximum atomic E-state index is 13.6. The molecule has 31 heavy (non-hydrogen) atoms. The predicted molar refractivity (Wildman–Crippen MR) is 117 cm³/mol. The topological polar surface area (TPSA) is 65.0 Å². The summed E-state index contributed by atoms with van der Waals surface area (Å²) >= 11 is 0. The van der Waals surface area contributed by atoms with Crippen LogP contribution in [-0.4, -0.2) is 41.6 Å². The zero-order chi connectivity index (χ0) is 22.2. The second-order valence-corrected chi connectivity index (χ2v) is 11.6. The highest BCUT2D eigenvalue weighted by atomic mass is 16.8. The van der Waals surface area contributed by atoms with Crippen LogP contribution in [0.2, 0.25) is 0 Å². The molecule has 0 radical (unpaired) electrons. The quantitative estimate of drug-likeness (QED) is 0.405. The molecule has 1 N–H and O–H groups in total. The van der Waals surface area contributed by atoms with Gasteiger partial charge in [0.25, 0.3) is 0 Å². The van der Waals surface area contributed by atoms with Gasteiger partial charge in [0.05, 0.1) is 25.6 Å². The van der Waals surface area contributed by atoms with E-state index in [-0.39, 0.29) is 28.8 Å². The van der Waals surface area contributed by atoms with E-state index in [4.69, 9.17) is 14.2 Å². The Morgan fingerprint density at radius 2 is 1.97 bits per heavy atom. The van der Waals surface area contributed by atoms with E-state index in [0.717, 1.165) is 44.9 Å². The van der Waals surface area contributed by atoms with Crippen molar-refractivity contribution in [3.05, 3.63) is 24.0 Å². The third-order valence-corrected chi connectivity index (χ3v) is 9.79. The molecule has 5 rings (SSSR count). The van der Waals surface area contributed by atoms with E-state index in [2.05, 4.69) is 19.9 Å². The van der Waals surface area contributed by atoms with Gasteiger partial charge in [0, 0.05) is 11.5 Å². The molecule has 5 heteroatoms. The maximum absolute atomic E-state index is 13.6. The van der Waals surface area contributed by atoms with Gasteiger partial charge in [0.15, 0.2) is 17.2 Å². The minimum atomic E-state index is -0.950. The van der Waals surface area contributed by atoms with Crippen LogP contribution >= 0.6 is 0 Å². The first-order valence-electron chi connectivity index (χ1n) is 12.1. The van der Waals surface area contributed by atoms with E-state index in [1.54, 1.807) is 13.2 Å². The number of hydrogen-bond acceptors (Lipinski definition) is 5. The molecule has 5 aliphatic rings. The molecule has 0 unspecified atom stereocenters. The molecule has 0 aromatic carbocycles. The summed E-state index contributed by atoms with van der Waals surface area (Å²) in [5.41, 5.74) is 0.429. The van der Waals surface area contributed by atoms with E-state index in [9.17, 15) is 9.90 Å². The fourth-order valence-corrected chi connectivity index (χ4v) is 8.43. The van der Waals surface area contributed by atoms with Gasteiger partial charge in [-0.25, -0.2) is 0 Å². The van der Waals surface area contributed by atoms with E-state index >= 15 is 0 Å². The standard InChI is InChI=1S/C26H38O5/c1-23(2)30-22-15-20-18-7-6-16-14-17(27)8-11-24(16,3)19(18)9-12-25(20,4)26(22,31-23)21(28)10-13-29-5/h6,10,13,17-20,22,27H,7-9,11-12,14-15H2,1-5H3/b13-10+/t17-,18+,19-,20-,22+,24+,25+,26-/m1/s1. The van der Waals surface area contributed by atoms with Crippen LogP contribution in [-0.2, 0) is 19.0 Å². The van der Waals surface area contributed by atoms with Gasteiger partial charge in [-0.05, 0) is 82.0 Å². The van der Waals surface area contributed by atoms with Crippen LogP contribution < -0.4 is 0 Å². The molecule has 1 heterocycles. The highest BCUT2D eigenvalue weighted by Crippen LogP contribution is 2.70. The van der Waals surface area contributed by atoms with Crippen molar-refractivity contribution in [3.8, 4) is 0 Å². The highest BCUT2D eigenvalue weighted by Gasteiger charge is 2.75. The van der Waals surface area contributed by atoms with Gasteiger partial charge >= 0.3 is 0 Å². The van der Waals surface area contributed by atoms with Crippen LogP contribution in [0, 0.1) is 28.6 Å². The number of ether oxygens (including phenoxy) is 3. The lowest BCUT2D eigenvalue weighted by Crippen LogP contribution is -2.60. The van der Waals surface area contributed by atoms with Gasteiger partial charge in [-0.2, -0.15) is 0 Å². The van der Waals surface area contributed by atoms with Crippen LogP contribution in [0.25, 0.3) is 0 Å². The van der Waals surface area contributed by atoms with Crippen molar-refractivity contribution in [1.82, 2.24) is 0 Å². The Hall–Kier alpha value is -1.17. The van der Waals surface area contributed by atoms with Crippen molar-refractivity contribution in [1.29, 1.82) is 0 Å². The molecule has 0 spiro atoms. The number of carbonyl (C=O) groups is 1. The molecule has 0 aromatic heterocycles. The summed E-state index contributed by atoms with van der Waals surface area (Å²) in [6, 6.07) is 0. The van der Waals surface area contributed by atoms with Crippen LogP contribution in [0.3, 0.4) is 0 Å². The van der Waals surface area contributed by atoms with Gasteiger partial charge < -0.3 is 19.3 Å². The Labute approximate surface area is 186 Å². The Balaban J connectivity index is 1.54. The number of hydrogen-bond donors (Lipinski definition) is 1. The first-order valence-corrected chi connectivity index (χ1v) is 12.1. The minimum Gasteiger partial charge on any atom is -0.504 e. The maximum Gasteiger partial charge on any atom is 0.193 e. The predicted octanol–water partition coefficient (Wildman–Crippen LogP) is 4.54. The van der Waals surface area contributed by atoms with Crippen molar-refractivity contribution < 1.29 is 24.1 Å². The molecule has 172 valence electrons.